The van der Waals surface area contributed by atoms with Crippen molar-refractivity contribution in [3.8, 4) is 0 Å². The quantitative estimate of drug-likeness (QED) is 0.440. The third-order valence-corrected chi connectivity index (χ3v) is 1.26. The van der Waals surface area contributed by atoms with Crippen molar-refractivity contribution >= 4 is 5.91 Å². The molecule has 0 fully saturated rings. The molecule has 3 heteroatoms. The van der Waals surface area contributed by atoms with Crippen LogP contribution in [-0.2, 0) is 9.53 Å². The van der Waals surface area contributed by atoms with Gasteiger partial charge in [0.25, 0.3) is 0 Å². The van der Waals surface area contributed by atoms with Gasteiger partial charge in [-0.15, -0.1) is 0 Å². The highest BCUT2D eigenvalue weighted by atomic mass is 16.5. The Morgan fingerprint density at radius 2 is 2.36 bits per heavy atom. The smallest absolute Gasteiger partial charge is 0.247 e. The van der Waals surface area contributed by atoms with Crippen molar-refractivity contribution in [2.24, 2.45) is 0 Å². The van der Waals surface area contributed by atoms with Crippen molar-refractivity contribution in [2.45, 2.75) is 13.3 Å². The molecule has 11 heavy (non-hydrogen) atoms. The molecule has 0 aliphatic rings. The molecule has 1 amide bonds. The highest BCUT2D eigenvalue weighted by molar-refractivity contribution is 5.86. The fourth-order valence-corrected chi connectivity index (χ4v) is 0.793. The minimum atomic E-state index is -0.0753. The molecule has 0 aromatic heterocycles. The van der Waals surface area contributed by atoms with E-state index in [1.165, 1.54) is 6.08 Å². The summed E-state index contributed by atoms with van der Waals surface area (Å²) in [6.07, 6.45) is 2.23. The summed E-state index contributed by atoms with van der Waals surface area (Å²) in [5.41, 5.74) is 0. The molecule has 0 saturated heterocycles. The second-order valence-corrected chi connectivity index (χ2v) is 2.22. The predicted octanol–water partition coefficient (Wildman–Crippen LogP) is 1.01. The van der Waals surface area contributed by atoms with Gasteiger partial charge in [-0.25, -0.2) is 0 Å². The average molecular weight is 157 g/mol. The zero-order chi connectivity index (χ0) is 8.69. The van der Waals surface area contributed by atoms with Gasteiger partial charge >= 0.3 is 0 Å². The molecule has 0 atom stereocenters. The van der Waals surface area contributed by atoms with Gasteiger partial charge in [-0.05, 0) is 12.5 Å². The molecule has 0 radical (unpaired) electrons. The van der Waals surface area contributed by atoms with Gasteiger partial charge in [-0.2, -0.15) is 0 Å². The minimum Gasteiger partial charge on any atom is -0.364 e. The zero-order valence-electron chi connectivity index (χ0n) is 7.17. The molecule has 0 N–H and O–H groups in total. The van der Waals surface area contributed by atoms with Crippen LogP contribution in [0.3, 0.4) is 0 Å². The first-order chi connectivity index (χ1) is 5.26. The van der Waals surface area contributed by atoms with Gasteiger partial charge in [0.1, 0.15) is 6.73 Å². The van der Waals surface area contributed by atoms with Crippen LogP contribution in [0.2, 0.25) is 0 Å². The van der Waals surface area contributed by atoms with E-state index in [0.717, 1.165) is 13.0 Å². The maximum Gasteiger partial charge on any atom is 0.247 e. The van der Waals surface area contributed by atoms with Crippen LogP contribution < -0.4 is 0 Å². The van der Waals surface area contributed by atoms with E-state index in [1.807, 2.05) is 6.92 Å². The van der Waals surface area contributed by atoms with Crippen LogP contribution in [0.25, 0.3) is 0 Å². The predicted molar refractivity (Wildman–Crippen MR) is 44.1 cm³/mol. The SMILES string of the molecule is C=CC(=O)N(CCC)COC. The van der Waals surface area contributed by atoms with Crippen molar-refractivity contribution in [2.75, 3.05) is 20.4 Å². The van der Waals surface area contributed by atoms with Crippen molar-refractivity contribution in [1.82, 2.24) is 4.90 Å². The number of nitrogens with zero attached hydrogens (tertiary/aromatic N) is 1. The molecule has 0 aromatic carbocycles. The standard InChI is InChI=1S/C8H15NO2/c1-4-6-9(7-11-3)8(10)5-2/h5H,2,4,6-7H2,1,3H3. The fourth-order valence-electron chi connectivity index (χ4n) is 0.793. The molecule has 64 valence electrons. The third-order valence-electron chi connectivity index (χ3n) is 1.26. The van der Waals surface area contributed by atoms with Crippen molar-refractivity contribution in [3.05, 3.63) is 12.7 Å². The van der Waals surface area contributed by atoms with Crippen molar-refractivity contribution in [1.29, 1.82) is 0 Å². The number of amides is 1. The Balaban J connectivity index is 3.86. The number of hydrogen-bond donors (Lipinski definition) is 0. The number of ether oxygens (including phenoxy) is 1. The largest absolute Gasteiger partial charge is 0.364 e. The summed E-state index contributed by atoms with van der Waals surface area (Å²) in [6, 6.07) is 0. The van der Waals surface area contributed by atoms with Crippen LogP contribution in [0.1, 0.15) is 13.3 Å². The lowest BCUT2D eigenvalue weighted by molar-refractivity contribution is -0.130. The fraction of sp³-hybridized carbons (Fsp3) is 0.625. The molecule has 0 rings (SSSR count). The van der Waals surface area contributed by atoms with E-state index in [1.54, 1.807) is 12.0 Å². The van der Waals surface area contributed by atoms with Gasteiger partial charge in [0, 0.05) is 13.7 Å². The summed E-state index contributed by atoms with van der Waals surface area (Å²) in [4.78, 5) is 12.6. The molecule has 3 nitrogen and oxygen atoms in total. The minimum absolute atomic E-state index is 0.0753. The van der Waals surface area contributed by atoms with Gasteiger partial charge < -0.3 is 9.64 Å². The molecular formula is C8H15NO2. The van der Waals surface area contributed by atoms with Crippen molar-refractivity contribution in [3.63, 3.8) is 0 Å². The Morgan fingerprint density at radius 1 is 1.73 bits per heavy atom. The maximum atomic E-state index is 11.0. The van der Waals surface area contributed by atoms with Crippen LogP contribution in [0, 0.1) is 0 Å². The molecule has 0 aliphatic carbocycles. The third kappa shape index (κ3) is 3.78. The summed E-state index contributed by atoms with van der Waals surface area (Å²) in [7, 11) is 1.57. The molecule has 0 aliphatic heterocycles. The van der Waals surface area contributed by atoms with Gasteiger partial charge in [0.05, 0.1) is 0 Å². The van der Waals surface area contributed by atoms with E-state index in [-0.39, 0.29) is 5.91 Å². The van der Waals surface area contributed by atoms with Crippen LogP contribution >= 0.6 is 0 Å². The lowest BCUT2D eigenvalue weighted by Gasteiger charge is -2.18. The second kappa shape index (κ2) is 5.92. The van der Waals surface area contributed by atoms with Crippen molar-refractivity contribution < 1.29 is 9.53 Å². The number of carbonyl (C=O) groups excluding carboxylic acids is 1. The van der Waals surface area contributed by atoms with Crippen LogP contribution in [0.5, 0.6) is 0 Å². The molecular weight excluding hydrogens is 142 g/mol. The maximum absolute atomic E-state index is 11.0. The zero-order valence-corrected chi connectivity index (χ0v) is 7.17. The number of carbonyl (C=O) groups is 1. The van der Waals surface area contributed by atoms with E-state index < -0.39 is 0 Å². The monoisotopic (exact) mass is 157 g/mol. The van der Waals surface area contributed by atoms with Gasteiger partial charge in [0.2, 0.25) is 5.91 Å². The van der Waals surface area contributed by atoms with E-state index in [4.69, 9.17) is 4.74 Å². The first-order valence-corrected chi connectivity index (χ1v) is 3.66. The summed E-state index contributed by atoms with van der Waals surface area (Å²) in [5, 5.41) is 0. The Morgan fingerprint density at radius 3 is 2.73 bits per heavy atom. The lowest BCUT2D eigenvalue weighted by Crippen LogP contribution is -2.31. The molecule has 0 bridgehead atoms. The summed E-state index contributed by atoms with van der Waals surface area (Å²) in [5.74, 6) is -0.0753. The van der Waals surface area contributed by atoms with Gasteiger partial charge in [-0.1, -0.05) is 13.5 Å². The first-order valence-electron chi connectivity index (χ1n) is 3.66. The highest BCUT2D eigenvalue weighted by Gasteiger charge is 2.06. The Labute approximate surface area is 67.6 Å². The average Bonchev–Trinajstić information content (AvgIpc) is 2.03. The second-order valence-electron chi connectivity index (χ2n) is 2.22. The van der Waals surface area contributed by atoms with E-state index in [0.29, 0.717) is 6.73 Å². The summed E-state index contributed by atoms with van der Waals surface area (Å²) >= 11 is 0. The number of rotatable bonds is 5. The first kappa shape index (κ1) is 10.2. The molecule has 0 heterocycles. The molecule has 0 spiro atoms. The van der Waals surface area contributed by atoms with Crippen LogP contribution in [0.15, 0.2) is 12.7 Å². The van der Waals surface area contributed by atoms with Crippen LogP contribution in [0.4, 0.5) is 0 Å². The molecule has 0 aromatic rings. The number of methoxy groups -OCH3 is 1. The summed E-state index contributed by atoms with van der Waals surface area (Å²) in [6.45, 7) is 6.48. The summed E-state index contributed by atoms with van der Waals surface area (Å²) < 4.78 is 4.84. The van der Waals surface area contributed by atoms with Gasteiger partial charge in [-0.3, -0.25) is 4.79 Å². The lowest BCUT2D eigenvalue weighted by atomic mass is 10.4. The molecule has 0 unspecified atom stereocenters. The topological polar surface area (TPSA) is 29.5 Å². The van der Waals surface area contributed by atoms with Crippen LogP contribution in [-0.4, -0.2) is 31.2 Å². The van der Waals surface area contributed by atoms with Gasteiger partial charge in [0.15, 0.2) is 0 Å². The Bertz CT molecular complexity index is 128. The highest BCUT2D eigenvalue weighted by Crippen LogP contribution is 1.92. The Hall–Kier alpha value is -0.830. The normalized spacial score (nSPS) is 9.27. The Kier molecular flexibility index (Phi) is 5.47. The van der Waals surface area contributed by atoms with E-state index >= 15 is 0 Å². The molecule has 0 saturated carbocycles. The van der Waals surface area contributed by atoms with E-state index in [9.17, 15) is 4.79 Å². The number of hydrogen-bond acceptors (Lipinski definition) is 2. The van der Waals surface area contributed by atoms with E-state index in [2.05, 4.69) is 6.58 Å².